The summed E-state index contributed by atoms with van der Waals surface area (Å²) >= 11 is 0. The largest absolute Gasteiger partial charge is 0.389 e. The summed E-state index contributed by atoms with van der Waals surface area (Å²) in [6.07, 6.45) is -0.544. The maximum absolute atomic E-state index is 11.8. The molecule has 3 N–H and O–H groups in total. The highest BCUT2D eigenvalue weighted by Gasteiger charge is 2.09. The van der Waals surface area contributed by atoms with Crippen molar-refractivity contribution in [3.63, 3.8) is 0 Å². The van der Waals surface area contributed by atoms with E-state index in [1.807, 2.05) is 32.0 Å². The van der Waals surface area contributed by atoms with Crippen molar-refractivity contribution in [3.8, 4) is 0 Å². The summed E-state index contributed by atoms with van der Waals surface area (Å²) in [6, 6.07) is 7.01. The van der Waals surface area contributed by atoms with Gasteiger partial charge >= 0.3 is 6.03 Å². The lowest BCUT2D eigenvalue weighted by Gasteiger charge is -2.18. The molecule has 106 valence electrons. The molecule has 0 saturated carbocycles. The minimum atomic E-state index is -0.544. The normalized spacial score (nSPS) is 14.0. The van der Waals surface area contributed by atoms with Crippen LogP contribution in [0.5, 0.6) is 0 Å². The number of rotatable bonds is 5. The lowest BCUT2D eigenvalue weighted by atomic mass is 10.1. The fourth-order valence-corrected chi connectivity index (χ4v) is 1.86. The van der Waals surface area contributed by atoms with E-state index in [0.717, 1.165) is 12.1 Å². The van der Waals surface area contributed by atoms with Gasteiger partial charge < -0.3 is 20.6 Å². The highest BCUT2D eigenvalue weighted by molar-refractivity contribution is 5.89. The fraction of sp³-hybridized carbons (Fsp3) is 0.500. The lowest BCUT2D eigenvalue weighted by Crippen LogP contribution is -2.41. The van der Waals surface area contributed by atoms with Crippen LogP contribution in [0.3, 0.4) is 0 Å². The minimum absolute atomic E-state index is 0.0648. The van der Waals surface area contributed by atoms with Gasteiger partial charge in [-0.25, -0.2) is 4.79 Å². The number of carbonyl (C=O) groups is 1. The van der Waals surface area contributed by atoms with E-state index in [9.17, 15) is 9.90 Å². The van der Waals surface area contributed by atoms with Gasteiger partial charge in [0.1, 0.15) is 0 Å². The molecular weight excluding hydrogens is 242 g/mol. The first kappa shape index (κ1) is 15.5. The molecule has 0 aliphatic heterocycles. The van der Waals surface area contributed by atoms with E-state index in [1.54, 1.807) is 25.1 Å². The number of anilines is 1. The first-order valence-corrected chi connectivity index (χ1v) is 6.38. The highest BCUT2D eigenvalue weighted by Crippen LogP contribution is 2.16. The highest BCUT2D eigenvalue weighted by atomic mass is 16.3. The molecule has 1 rings (SSSR count). The fourth-order valence-electron chi connectivity index (χ4n) is 1.86. The van der Waals surface area contributed by atoms with Gasteiger partial charge in [0.25, 0.3) is 0 Å². The van der Waals surface area contributed by atoms with Crippen molar-refractivity contribution in [2.75, 3.05) is 26.0 Å². The molecule has 5 nitrogen and oxygen atoms in total. The summed E-state index contributed by atoms with van der Waals surface area (Å²) < 4.78 is 0. The molecule has 2 amide bonds. The average molecular weight is 265 g/mol. The summed E-state index contributed by atoms with van der Waals surface area (Å²) in [5.74, 6) is 0. The van der Waals surface area contributed by atoms with Crippen LogP contribution in [-0.2, 0) is 0 Å². The Balaban J connectivity index is 2.54. The predicted octanol–water partition coefficient (Wildman–Crippen LogP) is 1.81. The predicted molar refractivity (Wildman–Crippen MR) is 77.2 cm³/mol. The van der Waals surface area contributed by atoms with Crippen LogP contribution in [0, 0.1) is 0 Å². The molecular formula is C14H23N3O2. The van der Waals surface area contributed by atoms with E-state index in [2.05, 4.69) is 10.6 Å². The molecule has 0 bridgehead atoms. The van der Waals surface area contributed by atoms with E-state index in [1.165, 1.54) is 0 Å². The molecule has 0 fully saturated rings. The quantitative estimate of drug-likeness (QED) is 0.761. The Morgan fingerprint density at radius 2 is 2.05 bits per heavy atom. The molecule has 0 saturated heterocycles. The molecule has 5 heteroatoms. The average Bonchev–Trinajstić information content (AvgIpc) is 2.27. The second-order valence-corrected chi connectivity index (χ2v) is 5.06. The molecule has 2 atom stereocenters. The number of hydrogen-bond donors (Lipinski definition) is 3. The Morgan fingerprint density at radius 3 is 2.63 bits per heavy atom. The maximum Gasteiger partial charge on any atom is 0.319 e. The van der Waals surface area contributed by atoms with Crippen LogP contribution in [0.2, 0.25) is 0 Å². The van der Waals surface area contributed by atoms with E-state index in [-0.39, 0.29) is 12.1 Å². The van der Waals surface area contributed by atoms with Gasteiger partial charge in [-0.3, -0.25) is 0 Å². The number of nitrogens with zero attached hydrogens (tertiary/aromatic N) is 1. The van der Waals surface area contributed by atoms with Gasteiger partial charge in [-0.05, 0) is 45.6 Å². The van der Waals surface area contributed by atoms with E-state index < -0.39 is 6.10 Å². The Morgan fingerprint density at radius 1 is 1.37 bits per heavy atom. The molecule has 0 radical (unpaired) electrons. The molecule has 1 aromatic carbocycles. The van der Waals surface area contributed by atoms with Crippen LogP contribution in [0.1, 0.15) is 25.5 Å². The SMILES string of the molecule is CC(CN(C)C)NC(=O)Nc1cccc(C(C)O)c1. The second-order valence-electron chi connectivity index (χ2n) is 5.06. The van der Waals surface area contributed by atoms with Crippen LogP contribution in [0.4, 0.5) is 10.5 Å². The molecule has 0 aliphatic rings. The zero-order valence-corrected chi connectivity index (χ0v) is 12.0. The number of nitrogens with one attached hydrogen (secondary N) is 2. The van der Waals surface area contributed by atoms with Crippen molar-refractivity contribution in [2.45, 2.75) is 26.0 Å². The van der Waals surface area contributed by atoms with E-state index in [4.69, 9.17) is 0 Å². The van der Waals surface area contributed by atoms with Gasteiger partial charge in [-0.15, -0.1) is 0 Å². The summed E-state index contributed by atoms with van der Waals surface area (Å²) in [5, 5.41) is 15.1. The number of benzene rings is 1. The number of amides is 2. The first-order valence-electron chi connectivity index (χ1n) is 6.38. The molecule has 19 heavy (non-hydrogen) atoms. The van der Waals surface area contributed by atoms with Crippen LogP contribution < -0.4 is 10.6 Å². The Hall–Kier alpha value is -1.59. The van der Waals surface area contributed by atoms with Crippen molar-refractivity contribution in [1.82, 2.24) is 10.2 Å². The lowest BCUT2D eigenvalue weighted by molar-refractivity contribution is 0.199. The smallest absolute Gasteiger partial charge is 0.319 e. The van der Waals surface area contributed by atoms with Gasteiger partial charge in [0.2, 0.25) is 0 Å². The number of likely N-dealkylation sites (N-methyl/N-ethyl adjacent to an activating group) is 1. The monoisotopic (exact) mass is 265 g/mol. The Bertz CT molecular complexity index is 419. The molecule has 0 aromatic heterocycles. The zero-order valence-electron chi connectivity index (χ0n) is 12.0. The zero-order chi connectivity index (χ0) is 14.4. The second kappa shape index (κ2) is 7.11. The van der Waals surface area contributed by atoms with Crippen molar-refractivity contribution in [2.24, 2.45) is 0 Å². The van der Waals surface area contributed by atoms with Gasteiger partial charge in [0.05, 0.1) is 6.10 Å². The molecule has 0 aliphatic carbocycles. The Labute approximate surface area is 114 Å². The van der Waals surface area contributed by atoms with E-state index in [0.29, 0.717) is 5.69 Å². The number of urea groups is 1. The first-order chi connectivity index (χ1) is 8.88. The molecule has 1 aromatic rings. The summed E-state index contributed by atoms with van der Waals surface area (Å²) in [7, 11) is 3.92. The third kappa shape index (κ3) is 5.72. The van der Waals surface area contributed by atoms with E-state index >= 15 is 0 Å². The maximum atomic E-state index is 11.8. The third-order valence-corrected chi connectivity index (χ3v) is 2.64. The van der Waals surface area contributed by atoms with Crippen molar-refractivity contribution >= 4 is 11.7 Å². The number of aliphatic hydroxyl groups is 1. The van der Waals surface area contributed by atoms with Crippen LogP contribution in [-0.4, -0.2) is 42.7 Å². The van der Waals surface area contributed by atoms with Gasteiger partial charge in [0.15, 0.2) is 0 Å². The molecule has 0 heterocycles. The van der Waals surface area contributed by atoms with Gasteiger partial charge in [-0.2, -0.15) is 0 Å². The van der Waals surface area contributed by atoms with Crippen molar-refractivity contribution in [3.05, 3.63) is 29.8 Å². The molecule has 2 unspecified atom stereocenters. The topological polar surface area (TPSA) is 64.6 Å². The summed E-state index contributed by atoms with van der Waals surface area (Å²) in [5.41, 5.74) is 1.45. The standard InChI is InChI=1S/C14H23N3O2/c1-10(9-17(3)4)15-14(19)16-13-7-5-6-12(8-13)11(2)18/h5-8,10-11,18H,9H2,1-4H3,(H2,15,16,19). The number of aliphatic hydroxyl groups excluding tert-OH is 1. The van der Waals surface area contributed by atoms with Crippen LogP contribution in [0.15, 0.2) is 24.3 Å². The Kier molecular flexibility index (Phi) is 5.79. The summed E-state index contributed by atoms with van der Waals surface area (Å²) in [6.45, 7) is 4.42. The number of hydrogen-bond acceptors (Lipinski definition) is 3. The van der Waals surface area contributed by atoms with Gasteiger partial charge in [0, 0.05) is 18.3 Å². The minimum Gasteiger partial charge on any atom is -0.389 e. The van der Waals surface area contributed by atoms with Crippen molar-refractivity contribution < 1.29 is 9.90 Å². The summed E-state index contributed by atoms with van der Waals surface area (Å²) in [4.78, 5) is 13.8. The third-order valence-electron chi connectivity index (χ3n) is 2.64. The van der Waals surface area contributed by atoms with Crippen molar-refractivity contribution in [1.29, 1.82) is 0 Å². The molecule has 0 spiro atoms. The van der Waals surface area contributed by atoms with Crippen LogP contribution in [0.25, 0.3) is 0 Å². The number of carbonyl (C=O) groups excluding carboxylic acids is 1. The van der Waals surface area contributed by atoms with Gasteiger partial charge in [-0.1, -0.05) is 12.1 Å². The van der Waals surface area contributed by atoms with Crippen LogP contribution >= 0.6 is 0 Å².